The number of nitrogens with one attached hydrogen (secondary N) is 1. The zero-order chi connectivity index (χ0) is 15.7. The van der Waals surface area contributed by atoms with E-state index in [1.165, 1.54) is 0 Å². The molecule has 2 N–H and O–H groups in total. The summed E-state index contributed by atoms with van der Waals surface area (Å²) >= 11 is 0. The van der Waals surface area contributed by atoms with Gasteiger partial charge in [-0.25, -0.2) is 0 Å². The molecule has 0 bridgehead atoms. The van der Waals surface area contributed by atoms with Gasteiger partial charge in [0.1, 0.15) is 5.75 Å². The number of hydrogen-bond acceptors (Lipinski definition) is 3. The average Bonchev–Trinajstić information content (AvgIpc) is 2.47. The summed E-state index contributed by atoms with van der Waals surface area (Å²) in [7, 11) is 1.64. The fourth-order valence-corrected chi connectivity index (χ4v) is 2.04. The van der Waals surface area contributed by atoms with Crippen LogP contribution in [0.15, 0.2) is 35.9 Å². The van der Waals surface area contributed by atoms with Crippen molar-refractivity contribution in [2.75, 3.05) is 13.7 Å². The van der Waals surface area contributed by atoms with E-state index in [-0.39, 0.29) is 12.0 Å². The highest BCUT2D eigenvalue weighted by atomic mass is 16.5. The topological polar surface area (TPSA) is 58.6 Å². The van der Waals surface area contributed by atoms with Gasteiger partial charge >= 0.3 is 0 Å². The van der Waals surface area contributed by atoms with Gasteiger partial charge in [0.25, 0.3) is 0 Å². The zero-order valence-corrected chi connectivity index (χ0v) is 13.1. The quantitative estimate of drug-likeness (QED) is 0.723. The molecule has 1 unspecified atom stereocenters. The number of aliphatic hydroxyl groups is 1. The summed E-state index contributed by atoms with van der Waals surface area (Å²) < 4.78 is 5.30. The average molecular weight is 291 g/mol. The number of hydrogen-bond donors (Lipinski definition) is 2. The fourth-order valence-electron chi connectivity index (χ4n) is 2.04. The van der Waals surface area contributed by atoms with E-state index < -0.39 is 0 Å². The molecule has 0 aromatic heterocycles. The second-order valence-corrected chi connectivity index (χ2v) is 5.12. The summed E-state index contributed by atoms with van der Waals surface area (Å²) in [5.74, 6) is 0.711. The molecule has 0 fully saturated rings. The molecule has 0 heterocycles. The van der Waals surface area contributed by atoms with Crippen LogP contribution in [0, 0.1) is 0 Å². The maximum atomic E-state index is 11.8. The molecule has 0 aliphatic heterocycles. The highest BCUT2D eigenvalue weighted by Crippen LogP contribution is 2.20. The maximum Gasteiger partial charge on any atom is 0.243 e. The predicted molar refractivity (Wildman–Crippen MR) is 84.4 cm³/mol. The standard InChI is InChI=1S/C17H25NO3/c1-4-15(19)9-10-18-17(20)12-13(2)11-14-7-5-6-8-16(14)21-3/h5-8,12,15,19H,4,9-11H2,1-3H3,(H,18,20)/b13-12-. The largest absolute Gasteiger partial charge is 0.496 e. The van der Waals surface area contributed by atoms with E-state index in [1.54, 1.807) is 13.2 Å². The summed E-state index contributed by atoms with van der Waals surface area (Å²) in [5.41, 5.74) is 2.02. The number of carbonyl (C=O) groups excluding carboxylic acids is 1. The summed E-state index contributed by atoms with van der Waals surface area (Å²) in [5, 5.41) is 12.2. The third-order valence-electron chi connectivity index (χ3n) is 3.29. The molecule has 1 aromatic carbocycles. The molecule has 1 atom stereocenters. The molecular formula is C17H25NO3. The van der Waals surface area contributed by atoms with Crippen LogP contribution in [0.5, 0.6) is 5.75 Å². The Bertz CT molecular complexity index is 483. The summed E-state index contributed by atoms with van der Waals surface area (Å²) in [6, 6.07) is 7.78. The number of ether oxygens (including phenoxy) is 1. The lowest BCUT2D eigenvalue weighted by atomic mass is 10.0. The Morgan fingerprint density at radius 2 is 2.14 bits per heavy atom. The van der Waals surface area contributed by atoms with Crippen molar-refractivity contribution in [3.8, 4) is 5.75 Å². The Labute approximate surface area is 126 Å². The number of benzene rings is 1. The molecule has 0 spiro atoms. The molecule has 1 aromatic rings. The van der Waals surface area contributed by atoms with Crippen molar-refractivity contribution in [1.29, 1.82) is 0 Å². The van der Waals surface area contributed by atoms with Crippen molar-refractivity contribution in [2.24, 2.45) is 0 Å². The van der Waals surface area contributed by atoms with E-state index in [2.05, 4.69) is 5.32 Å². The van der Waals surface area contributed by atoms with Crippen LogP contribution in [-0.4, -0.2) is 30.8 Å². The van der Waals surface area contributed by atoms with Crippen LogP contribution in [0.25, 0.3) is 0 Å². The second kappa shape index (κ2) is 9.19. The van der Waals surface area contributed by atoms with Crippen LogP contribution in [0.3, 0.4) is 0 Å². The van der Waals surface area contributed by atoms with Crippen LogP contribution in [0.1, 0.15) is 32.3 Å². The van der Waals surface area contributed by atoms with Gasteiger partial charge in [-0.3, -0.25) is 4.79 Å². The lowest BCUT2D eigenvalue weighted by Crippen LogP contribution is -2.25. The number of rotatable bonds is 8. The molecule has 0 radical (unpaired) electrons. The normalized spacial score (nSPS) is 12.9. The minimum atomic E-state index is -0.344. The van der Waals surface area contributed by atoms with Gasteiger partial charge in [0, 0.05) is 12.6 Å². The molecule has 116 valence electrons. The van der Waals surface area contributed by atoms with Gasteiger partial charge in [-0.1, -0.05) is 30.7 Å². The van der Waals surface area contributed by atoms with Crippen LogP contribution >= 0.6 is 0 Å². The van der Waals surface area contributed by atoms with Gasteiger partial charge in [-0.15, -0.1) is 0 Å². The van der Waals surface area contributed by atoms with Gasteiger partial charge in [0.15, 0.2) is 0 Å². The molecule has 21 heavy (non-hydrogen) atoms. The minimum Gasteiger partial charge on any atom is -0.496 e. The Kier molecular flexibility index (Phi) is 7.54. The Balaban J connectivity index is 2.50. The predicted octanol–water partition coefficient (Wildman–Crippen LogP) is 2.46. The third kappa shape index (κ3) is 6.45. The molecule has 0 aliphatic carbocycles. The molecular weight excluding hydrogens is 266 g/mol. The van der Waals surface area contributed by atoms with E-state index in [0.29, 0.717) is 25.8 Å². The first-order valence-corrected chi connectivity index (χ1v) is 7.31. The minimum absolute atomic E-state index is 0.120. The Hall–Kier alpha value is -1.81. The van der Waals surface area contributed by atoms with Crippen molar-refractivity contribution in [3.05, 3.63) is 41.5 Å². The molecule has 0 saturated heterocycles. The molecule has 0 aliphatic rings. The van der Waals surface area contributed by atoms with E-state index in [0.717, 1.165) is 16.9 Å². The van der Waals surface area contributed by atoms with Crippen LogP contribution in [0.4, 0.5) is 0 Å². The second-order valence-electron chi connectivity index (χ2n) is 5.12. The first-order valence-electron chi connectivity index (χ1n) is 7.31. The fraction of sp³-hybridized carbons (Fsp3) is 0.471. The van der Waals surface area contributed by atoms with E-state index in [1.807, 2.05) is 38.1 Å². The first-order chi connectivity index (χ1) is 10.1. The van der Waals surface area contributed by atoms with Gasteiger partial charge < -0.3 is 15.2 Å². The zero-order valence-electron chi connectivity index (χ0n) is 13.1. The number of para-hydroxylation sites is 1. The Morgan fingerprint density at radius 3 is 2.81 bits per heavy atom. The number of methoxy groups -OCH3 is 1. The highest BCUT2D eigenvalue weighted by molar-refractivity contribution is 5.88. The molecule has 0 saturated carbocycles. The van der Waals surface area contributed by atoms with Crippen molar-refractivity contribution in [2.45, 2.75) is 39.2 Å². The molecule has 4 heteroatoms. The summed E-state index contributed by atoms with van der Waals surface area (Å²) in [4.78, 5) is 11.8. The van der Waals surface area contributed by atoms with E-state index in [9.17, 15) is 9.90 Å². The van der Waals surface area contributed by atoms with Crippen molar-refractivity contribution >= 4 is 5.91 Å². The molecule has 1 amide bonds. The number of amides is 1. The van der Waals surface area contributed by atoms with Crippen molar-refractivity contribution in [3.63, 3.8) is 0 Å². The van der Waals surface area contributed by atoms with Crippen LogP contribution in [0.2, 0.25) is 0 Å². The molecule has 1 rings (SSSR count). The van der Waals surface area contributed by atoms with Crippen LogP contribution < -0.4 is 10.1 Å². The maximum absolute atomic E-state index is 11.8. The van der Waals surface area contributed by atoms with Gasteiger partial charge in [0.05, 0.1) is 13.2 Å². The van der Waals surface area contributed by atoms with E-state index in [4.69, 9.17) is 4.74 Å². The smallest absolute Gasteiger partial charge is 0.243 e. The SMILES string of the molecule is CCC(O)CCNC(=O)/C=C(/C)Cc1ccccc1OC. The number of aliphatic hydroxyl groups excluding tert-OH is 1. The number of carbonyl (C=O) groups is 1. The Morgan fingerprint density at radius 1 is 1.43 bits per heavy atom. The molecule has 4 nitrogen and oxygen atoms in total. The summed E-state index contributed by atoms with van der Waals surface area (Å²) in [6.45, 7) is 4.34. The highest BCUT2D eigenvalue weighted by Gasteiger charge is 2.05. The monoisotopic (exact) mass is 291 g/mol. The van der Waals surface area contributed by atoms with Crippen molar-refractivity contribution < 1.29 is 14.6 Å². The van der Waals surface area contributed by atoms with Gasteiger partial charge in [-0.05, 0) is 37.8 Å². The third-order valence-corrected chi connectivity index (χ3v) is 3.29. The van der Waals surface area contributed by atoms with Crippen LogP contribution in [-0.2, 0) is 11.2 Å². The number of allylic oxidation sites excluding steroid dienone is 1. The van der Waals surface area contributed by atoms with Gasteiger partial charge in [0.2, 0.25) is 5.91 Å². The summed E-state index contributed by atoms with van der Waals surface area (Å²) in [6.07, 6.45) is 3.23. The lowest BCUT2D eigenvalue weighted by Gasteiger charge is -2.09. The van der Waals surface area contributed by atoms with Gasteiger partial charge in [-0.2, -0.15) is 0 Å². The van der Waals surface area contributed by atoms with E-state index >= 15 is 0 Å². The van der Waals surface area contributed by atoms with Crippen molar-refractivity contribution in [1.82, 2.24) is 5.32 Å². The first kappa shape index (κ1) is 17.2. The lowest BCUT2D eigenvalue weighted by molar-refractivity contribution is -0.116.